The molecule has 2 atom stereocenters. The summed E-state index contributed by atoms with van der Waals surface area (Å²) < 4.78 is 0. The van der Waals surface area contributed by atoms with E-state index in [4.69, 9.17) is 0 Å². The Hall–Kier alpha value is -2.87. The molecule has 1 heterocycles. The molecule has 5 heteroatoms. The van der Waals surface area contributed by atoms with Crippen molar-refractivity contribution in [2.24, 2.45) is 11.3 Å². The van der Waals surface area contributed by atoms with Gasteiger partial charge in [0, 0.05) is 12.6 Å². The number of hydrogen-bond acceptors (Lipinski definition) is 5. The van der Waals surface area contributed by atoms with Gasteiger partial charge in [0.05, 0.1) is 6.20 Å². The quantitative estimate of drug-likeness (QED) is 0.676. The van der Waals surface area contributed by atoms with Crippen molar-refractivity contribution in [2.45, 2.75) is 58.9 Å². The van der Waals surface area contributed by atoms with Gasteiger partial charge in [-0.05, 0) is 54.6 Å². The third-order valence-corrected chi connectivity index (χ3v) is 6.87. The first kappa shape index (κ1) is 20.4. The van der Waals surface area contributed by atoms with Gasteiger partial charge in [0.2, 0.25) is 5.95 Å². The number of aromatic nitrogens is 2. The minimum absolute atomic E-state index is 0.295. The van der Waals surface area contributed by atoms with Crippen LogP contribution in [0.5, 0.6) is 0 Å². The van der Waals surface area contributed by atoms with Crippen molar-refractivity contribution in [2.75, 3.05) is 17.2 Å². The van der Waals surface area contributed by atoms with Crippen LogP contribution in [0.15, 0.2) is 36.0 Å². The Bertz CT molecular complexity index is 985. The first-order valence-corrected chi connectivity index (χ1v) is 11.0. The van der Waals surface area contributed by atoms with Crippen LogP contribution in [0, 0.1) is 22.7 Å². The highest BCUT2D eigenvalue weighted by Gasteiger charge is 2.34. The second-order valence-corrected chi connectivity index (χ2v) is 9.44. The van der Waals surface area contributed by atoms with Crippen LogP contribution >= 0.6 is 0 Å². The predicted octanol–water partition coefficient (Wildman–Crippen LogP) is 5.42. The number of hydrogen-bond donors (Lipinski definition) is 2. The molecule has 1 fully saturated rings. The van der Waals surface area contributed by atoms with Gasteiger partial charge in [-0.1, -0.05) is 56.7 Å². The van der Waals surface area contributed by atoms with Crippen LogP contribution < -0.4 is 10.6 Å². The zero-order valence-corrected chi connectivity index (χ0v) is 18.2. The molecule has 30 heavy (non-hydrogen) atoms. The molecule has 156 valence electrons. The summed E-state index contributed by atoms with van der Waals surface area (Å²) in [7, 11) is 0. The van der Waals surface area contributed by atoms with Crippen molar-refractivity contribution in [3.8, 4) is 6.07 Å². The van der Waals surface area contributed by atoms with Crippen molar-refractivity contribution in [3.63, 3.8) is 0 Å². The van der Waals surface area contributed by atoms with Gasteiger partial charge in [-0.2, -0.15) is 10.2 Å². The van der Waals surface area contributed by atoms with Crippen LogP contribution in [-0.2, 0) is 6.42 Å². The van der Waals surface area contributed by atoms with Gasteiger partial charge in [0.1, 0.15) is 17.5 Å². The Labute approximate surface area is 179 Å². The van der Waals surface area contributed by atoms with E-state index in [2.05, 4.69) is 77.8 Å². The van der Waals surface area contributed by atoms with Crippen LogP contribution in [-0.4, -0.2) is 22.6 Å². The normalized spacial score (nSPS) is 22.0. The third kappa shape index (κ3) is 4.48. The number of rotatable bonds is 6. The fourth-order valence-corrected chi connectivity index (χ4v) is 4.60. The van der Waals surface area contributed by atoms with Crippen LogP contribution in [0.4, 0.5) is 11.8 Å². The van der Waals surface area contributed by atoms with E-state index in [9.17, 15) is 5.26 Å². The lowest BCUT2D eigenvalue weighted by molar-refractivity contribution is 0.143. The van der Waals surface area contributed by atoms with E-state index in [1.807, 2.05) is 0 Å². The summed E-state index contributed by atoms with van der Waals surface area (Å²) in [5.74, 6) is 1.94. The molecule has 0 aliphatic heterocycles. The molecule has 2 N–H and O–H groups in total. The first-order chi connectivity index (χ1) is 14.4. The summed E-state index contributed by atoms with van der Waals surface area (Å²) in [6.07, 6.45) is 9.27. The molecule has 0 unspecified atom stereocenters. The maximum atomic E-state index is 9.49. The number of benzene rings is 1. The maximum Gasteiger partial charge on any atom is 0.224 e. The predicted molar refractivity (Wildman–Crippen MR) is 122 cm³/mol. The second-order valence-electron chi connectivity index (χ2n) is 9.44. The van der Waals surface area contributed by atoms with Crippen LogP contribution in [0.2, 0.25) is 0 Å². The molecule has 1 aromatic heterocycles. The van der Waals surface area contributed by atoms with E-state index in [0.29, 0.717) is 34.7 Å². The summed E-state index contributed by atoms with van der Waals surface area (Å²) in [5, 5.41) is 16.4. The van der Waals surface area contributed by atoms with Crippen molar-refractivity contribution in [1.82, 2.24) is 9.97 Å². The largest absolute Gasteiger partial charge is 0.366 e. The zero-order valence-electron chi connectivity index (χ0n) is 18.2. The van der Waals surface area contributed by atoms with Gasteiger partial charge >= 0.3 is 0 Å². The van der Waals surface area contributed by atoms with Gasteiger partial charge in [-0.25, -0.2) is 4.98 Å². The average molecular weight is 402 g/mol. The topological polar surface area (TPSA) is 73.6 Å². The van der Waals surface area contributed by atoms with Gasteiger partial charge < -0.3 is 10.6 Å². The van der Waals surface area contributed by atoms with Crippen molar-refractivity contribution >= 4 is 17.8 Å². The molecule has 0 radical (unpaired) electrons. The van der Waals surface area contributed by atoms with Gasteiger partial charge in [0.15, 0.2) is 0 Å². The molecular formula is C25H31N5. The van der Waals surface area contributed by atoms with Crippen molar-refractivity contribution < 1.29 is 0 Å². The highest BCUT2D eigenvalue weighted by Crippen LogP contribution is 2.41. The minimum atomic E-state index is 0.295. The molecule has 2 aliphatic rings. The maximum absolute atomic E-state index is 9.49. The summed E-state index contributed by atoms with van der Waals surface area (Å²) in [4.78, 5) is 8.98. The number of nitrogens with zero attached hydrogens (tertiary/aromatic N) is 3. The summed E-state index contributed by atoms with van der Waals surface area (Å²) in [5.41, 5.74) is 4.96. The molecule has 0 spiro atoms. The third-order valence-electron chi connectivity index (χ3n) is 6.87. The smallest absolute Gasteiger partial charge is 0.224 e. The molecule has 1 saturated carbocycles. The molecule has 2 aliphatic carbocycles. The minimum Gasteiger partial charge on any atom is -0.366 e. The Morgan fingerprint density at radius 3 is 2.83 bits per heavy atom. The Kier molecular flexibility index (Phi) is 5.76. The van der Waals surface area contributed by atoms with Gasteiger partial charge in [-0.3, -0.25) is 0 Å². The molecule has 0 amide bonds. The number of anilines is 2. The van der Waals surface area contributed by atoms with Crippen LogP contribution in [0.1, 0.15) is 63.1 Å². The number of nitrogens with one attached hydrogen (secondary N) is 2. The van der Waals surface area contributed by atoms with Gasteiger partial charge in [0.25, 0.3) is 0 Å². The fraction of sp³-hybridized carbons (Fsp3) is 0.480. The van der Waals surface area contributed by atoms with Gasteiger partial charge in [-0.15, -0.1) is 0 Å². The van der Waals surface area contributed by atoms with E-state index < -0.39 is 0 Å². The highest BCUT2D eigenvalue weighted by atomic mass is 15.1. The van der Waals surface area contributed by atoms with Crippen LogP contribution in [0.3, 0.4) is 0 Å². The van der Waals surface area contributed by atoms with E-state index in [1.54, 1.807) is 6.20 Å². The lowest BCUT2D eigenvalue weighted by Gasteiger charge is -2.41. The van der Waals surface area contributed by atoms with E-state index >= 15 is 0 Å². The lowest BCUT2D eigenvalue weighted by Crippen LogP contribution is -2.37. The molecule has 0 bridgehead atoms. The summed E-state index contributed by atoms with van der Waals surface area (Å²) >= 11 is 0. The van der Waals surface area contributed by atoms with E-state index in [1.165, 1.54) is 23.1 Å². The van der Waals surface area contributed by atoms with E-state index in [-0.39, 0.29) is 0 Å². The first-order valence-electron chi connectivity index (χ1n) is 11.0. The fourth-order valence-electron chi connectivity index (χ4n) is 4.60. The molecule has 4 rings (SSSR count). The zero-order chi connectivity index (χ0) is 21.1. The monoisotopic (exact) mass is 401 g/mol. The van der Waals surface area contributed by atoms with Crippen molar-refractivity contribution in [3.05, 3.63) is 52.7 Å². The number of nitriles is 1. The Balaban J connectivity index is 1.37. The van der Waals surface area contributed by atoms with Crippen molar-refractivity contribution in [1.29, 1.82) is 5.26 Å². The molecule has 0 saturated heterocycles. The van der Waals surface area contributed by atoms with E-state index in [0.717, 1.165) is 32.2 Å². The molecule has 5 nitrogen and oxygen atoms in total. The lowest BCUT2D eigenvalue weighted by atomic mass is 9.68. The van der Waals surface area contributed by atoms with Crippen LogP contribution in [0.25, 0.3) is 6.08 Å². The standard InChI is InChI=1S/C25H31N5/c1-17-8-9-22(14-25(17,2)3)29-23-21(15-26)16-28-24(30-23)27-11-10-18-12-19-6-4-5-7-20(19)13-18/h4-7,12,16-17,22H,8-11,13-14H2,1-3H3,(H2,27,28,29,30)/t17-,22+/m0/s1. The highest BCUT2D eigenvalue weighted by molar-refractivity contribution is 5.63. The molecule has 1 aromatic carbocycles. The average Bonchev–Trinajstić information content (AvgIpc) is 3.13. The Morgan fingerprint density at radius 2 is 2.07 bits per heavy atom. The summed E-state index contributed by atoms with van der Waals surface area (Å²) in [6.45, 7) is 7.78. The molecule has 2 aromatic rings. The second kappa shape index (κ2) is 8.47. The number of fused-ring (bicyclic) bond motifs is 1. The molecular weight excluding hydrogens is 370 g/mol. The Morgan fingerprint density at radius 1 is 1.23 bits per heavy atom. The SMILES string of the molecule is C[C@H]1CC[C@@H](Nc2nc(NCCC3=Cc4ccccc4C3)ncc2C#N)CC1(C)C. The summed E-state index contributed by atoms with van der Waals surface area (Å²) in [6, 6.07) is 11.1.